The smallest absolute Gasteiger partial charge is 0.246 e. The Balaban J connectivity index is 1.37. The number of aromatic amines is 1. The van der Waals surface area contributed by atoms with Gasteiger partial charge in [-0.3, -0.25) is 4.79 Å². The Hall–Kier alpha value is -3.22. The second kappa shape index (κ2) is 7.80. The van der Waals surface area contributed by atoms with Crippen molar-refractivity contribution in [1.82, 2.24) is 14.9 Å². The SMILES string of the molecule is O=C(/C=C/c1ccco1)N1CCC(c2ncc(-c3ccc(F)c(F)c3)[nH]2)CC1. The number of aromatic nitrogens is 2. The van der Waals surface area contributed by atoms with Crippen LogP contribution in [0.2, 0.25) is 0 Å². The molecular formula is C21H19F2N3O2. The zero-order chi connectivity index (χ0) is 19.5. The molecule has 0 saturated carbocycles. The number of H-pyrrole nitrogens is 1. The number of benzene rings is 1. The normalized spacial score (nSPS) is 15.4. The molecule has 1 amide bonds. The zero-order valence-corrected chi connectivity index (χ0v) is 15.1. The molecule has 28 heavy (non-hydrogen) atoms. The largest absolute Gasteiger partial charge is 0.465 e. The lowest BCUT2D eigenvalue weighted by molar-refractivity contribution is -0.127. The van der Waals surface area contributed by atoms with Crippen molar-refractivity contribution in [3.05, 3.63) is 72.1 Å². The van der Waals surface area contributed by atoms with Gasteiger partial charge >= 0.3 is 0 Å². The molecule has 1 aliphatic heterocycles. The van der Waals surface area contributed by atoms with E-state index in [4.69, 9.17) is 4.42 Å². The van der Waals surface area contributed by atoms with Gasteiger partial charge in [0.1, 0.15) is 11.6 Å². The monoisotopic (exact) mass is 383 g/mol. The van der Waals surface area contributed by atoms with Crippen LogP contribution >= 0.6 is 0 Å². The van der Waals surface area contributed by atoms with E-state index in [1.165, 1.54) is 12.1 Å². The minimum absolute atomic E-state index is 0.0447. The van der Waals surface area contributed by atoms with Crippen molar-refractivity contribution in [1.29, 1.82) is 0 Å². The third kappa shape index (κ3) is 3.88. The summed E-state index contributed by atoms with van der Waals surface area (Å²) in [5.41, 5.74) is 1.20. The minimum Gasteiger partial charge on any atom is -0.465 e. The predicted octanol–water partition coefficient (Wildman–Crippen LogP) is 4.37. The zero-order valence-electron chi connectivity index (χ0n) is 15.1. The summed E-state index contributed by atoms with van der Waals surface area (Å²) in [4.78, 5) is 21.7. The van der Waals surface area contributed by atoms with Gasteiger partial charge in [0.05, 0.1) is 18.2 Å². The highest BCUT2D eigenvalue weighted by Crippen LogP contribution is 2.28. The quantitative estimate of drug-likeness (QED) is 0.681. The Labute approximate surface area is 160 Å². The molecule has 2 aromatic heterocycles. The van der Waals surface area contributed by atoms with Gasteiger partial charge in [-0.05, 0) is 49.2 Å². The number of hydrogen-bond acceptors (Lipinski definition) is 3. The fourth-order valence-corrected chi connectivity index (χ4v) is 3.37. The van der Waals surface area contributed by atoms with E-state index < -0.39 is 11.6 Å². The molecule has 1 N–H and O–H groups in total. The number of amides is 1. The van der Waals surface area contributed by atoms with Crippen LogP contribution in [0.5, 0.6) is 0 Å². The highest BCUT2D eigenvalue weighted by molar-refractivity contribution is 5.91. The molecule has 7 heteroatoms. The lowest BCUT2D eigenvalue weighted by Gasteiger charge is -2.30. The molecule has 0 radical (unpaired) electrons. The maximum Gasteiger partial charge on any atom is 0.246 e. The highest BCUT2D eigenvalue weighted by Gasteiger charge is 2.24. The van der Waals surface area contributed by atoms with Crippen LogP contribution in [0.25, 0.3) is 17.3 Å². The Kier molecular flexibility index (Phi) is 5.06. The number of furan rings is 1. The molecule has 1 saturated heterocycles. The van der Waals surface area contributed by atoms with Crippen LogP contribution in [0.15, 0.2) is 53.3 Å². The maximum atomic E-state index is 13.4. The number of carbonyl (C=O) groups excluding carboxylic acids is 1. The Morgan fingerprint density at radius 1 is 1.21 bits per heavy atom. The van der Waals surface area contributed by atoms with Crippen molar-refractivity contribution in [2.75, 3.05) is 13.1 Å². The van der Waals surface area contributed by atoms with Crippen LogP contribution in [0.1, 0.15) is 30.3 Å². The summed E-state index contributed by atoms with van der Waals surface area (Å²) in [6.45, 7) is 1.26. The molecule has 1 aliphatic rings. The average molecular weight is 383 g/mol. The number of hydrogen-bond donors (Lipinski definition) is 1. The lowest BCUT2D eigenvalue weighted by Crippen LogP contribution is -2.37. The fourth-order valence-electron chi connectivity index (χ4n) is 3.37. The number of nitrogens with one attached hydrogen (secondary N) is 1. The van der Waals surface area contributed by atoms with Crippen LogP contribution in [0.4, 0.5) is 8.78 Å². The van der Waals surface area contributed by atoms with E-state index in [2.05, 4.69) is 9.97 Å². The molecule has 0 atom stereocenters. The lowest BCUT2D eigenvalue weighted by atomic mass is 9.96. The van der Waals surface area contributed by atoms with Crippen LogP contribution in [0.3, 0.4) is 0 Å². The molecule has 3 aromatic rings. The van der Waals surface area contributed by atoms with Gasteiger partial charge in [-0.1, -0.05) is 0 Å². The molecule has 5 nitrogen and oxygen atoms in total. The van der Waals surface area contributed by atoms with Gasteiger partial charge in [0.25, 0.3) is 0 Å². The van der Waals surface area contributed by atoms with Gasteiger partial charge in [0, 0.05) is 30.6 Å². The van der Waals surface area contributed by atoms with E-state index >= 15 is 0 Å². The molecule has 0 unspecified atom stereocenters. The first kappa shape index (κ1) is 18.2. The predicted molar refractivity (Wildman–Crippen MR) is 100 cm³/mol. The van der Waals surface area contributed by atoms with Gasteiger partial charge in [-0.25, -0.2) is 13.8 Å². The summed E-state index contributed by atoms with van der Waals surface area (Å²) in [6.07, 6.45) is 7.94. The number of rotatable bonds is 4. The Morgan fingerprint density at radius 3 is 2.75 bits per heavy atom. The third-order valence-corrected chi connectivity index (χ3v) is 4.95. The van der Waals surface area contributed by atoms with E-state index in [1.807, 2.05) is 0 Å². The average Bonchev–Trinajstić information content (AvgIpc) is 3.40. The standard InChI is InChI=1S/C21H19F2N3O2/c22-17-5-3-15(12-18(17)23)19-13-24-21(25-19)14-7-9-26(10-8-14)20(27)6-4-16-2-1-11-28-16/h1-6,11-14H,7-10H2,(H,24,25)/b6-4+. The maximum absolute atomic E-state index is 13.4. The highest BCUT2D eigenvalue weighted by atomic mass is 19.2. The first-order valence-corrected chi connectivity index (χ1v) is 9.11. The second-order valence-corrected chi connectivity index (χ2v) is 6.76. The summed E-state index contributed by atoms with van der Waals surface area (Å²) in [5.74, 6) is -0.167. The van der Waals surface area contributed by atoms with Crippen molar-refractivity contribution < 1.29 is 18.0 Å². The summed E-state index contributed by atoms with van der Waals surface area (Å²) in [5, 5.41) is 0. The first-order valence-electron chi connectivity index (χ1n) is 9.11. The van der Waals surface area contributed by atoms with Crippen molar-refractivity contribution in [2.24, 2.45) is 0 Å². The first-order chi connectivity index (χ1) is 13.6. The molecule has 3 heterocycles. The topological polar surface area (TPSA) is 62.1 Å². The number of carbonyl (C=O) groups is 1. The van der Waals surface area contributed by atoms with Crippen molar-refractivity contribution in [3.63, 3.8) is 0 Å². The third-order valence-electron chi connectivity index (χ3n) is 4.95. The van der Waals surface area contributed by atoms with E-state index in [9.17, 15) is 13.6 Å². The van der Waals surface area contributed by atoms with Crippen LogP contribution in [0, 0.1) is 11.6 Å². The van der Waals surface area contributed by atoms with Crippen LogP contribution in [-0.2, 0) is 4.79 Å². The number of imidazole rings is 1. The molecule has 4 rings (SSSR count). The Morgan fingerprint density at radius 2 is 2.04 bits per heavy atom. The molecular weight excluding hydrogens is 364 g/mol. The van der Waals surface area contributed by atoms with Gasteiger partial charge in [-0.2, -0.15) is 0 Å². The van der Waals surface area contributed by atoms with E-state index in [-0.39, 0.29) is 11.8 Å². The minimum atomic E-state index is -0.886. The van der Waals surface area contributed by atoms with Crippen molar-refractivity contribution >= 4 is 12.0 Å². The van der Waals surface area contributed by atoms with Crippen LogP contribution in [-0.4, -0.2) is 33.9 Å². The number of piperidine rings is 1. The fraction of sp³-hybridized carbons (Fsp3) is 0.238. The molecule has 0 aliphatic carbocycles. The van der Waals surface area contributed by atoms with Gasteiger partial charge < -0.3 is 14.3 Å². The molecule has 144 valence electrons. The number of likely N-dealkylation sites (tertiary alicyclic amines) is 1. The van der Waals surface area contributed by atoms with E-state index in [0.717, 1.165) is 30.8 Å². The molecule has 0 bridgehead atoms. The second-order valence-electron chi connectivity index (χ2n) is 6.76. The molecule has 0 spiro atoms. The van der Waals surface area contributed by atoms with Gasteiger partial charge in [0.15, 0.2) is 11.6 Å². The summed E-state index contributed by atoms with van der Waals surface area (Å²) < 4.78 is 31.7. The van der Waals surface area contributed by atoms with E-state index in [1.54, 1.807) is 35.6 Å². The van der Waals surface area contributed by atoms with Gasteiger partial charge in [0.2, 0.25) is 5.91 Å². The summed E-state index contributed by atoms with van der Waals surface area (Å²) in [7, 11) is 0. The molecule has 1 aromatic carbocycles. The number of halogens is 2. The molecule has 1 fully saturated rings. The van der Waals surface area contributed by atoms with Crippen molar-refractivity contribution in [3.8, 4) is 11.3 Å². The summed E-state index contributed by atoms with van der Waals surface area (Å²) in [6, 6.07) is 7.33. The number of nitrogens with zero attached hydrogens (tertiary/aromatic N) is 2. The van der Waals surface area contributed by atoms with Gasteiger partial charge in [-0.15, -0.1) is 0 Å². The van der Waals surface area contributed by atoms with Crippen LogP contribution < -0.4 is 0 Å². The Bertz CT molecular complexity index is 987. The summed E-state index contributed by atoms with van der Waals surface area (Å²) >= 11 is 0. The van der Waals surface area contributed by atoms with Crippen molar-refractivity contribution in [2.45, 2.75) is 18.8 Å². The van der Waals surface area contributed by atoms with E-state index in [0.29, 0.717) is 30.1 Å².